The molecular formula is C32H35F3N2O4. The van der Waals surface area contributed by atoms with Crippen molar-refractivity contribution in [2.75, 3.05) is 20.1 Å². The Labute approximate surface area is 237 Å². The molecule has 1 saturated heterocycles. The van der Waals surface area contributed by atoms with Crippen LogP contribution in [0.3, 0.4) is 0 Å². The van der Waals surface area contributed by atoms with E-state index in [1.54, 1.807) is 18.0 Å². The second-order valence-electron chi connectivity index (χ2n) is 12.9. The molecule has 0 aromatic heterocycles. The van der Waals surface area contributed by atoms with Crippen molar-refractivity contribution in [2.45, 2.75) is 74.4 Å². The highest BCUT2D eigenvalue weighted by Gasteiger charge is 2.74. The van der Waals surface area contributed by atoms with Crippen LogP contribution in [0.1, 0.15) is 54.9 Å². The number of benzene rings is 2. The first kappa shape index (κ1) is 26.8. The number of ether oxygens (including phenoxy) is 1. The minimum atomic E-state index is -4.47. The van der Waals surface area contributed by atoms with Gasteiger partial charge in [-0.25, -0.2) is 0 Å². The molecule has 218 valence electrons. The van der Waals surface area contributed by atoms with E-state index in [2.05, 4.69) is 4.90 Å². The number of piperidine rings is 1. The molecule has 6 atom stereocenters. The van der Waals surface area contributed by atoms with Crippen LogP contribution in [0.2, 0.25) is 0 Å². The summed E-state index contributed by atoms with van der Waals surface area (Å²) in [5.41, 5.74) is -0.358. The van der Waals surface area contributed by atoms with Gasteiger partial charge in [-0.3, -0.25) is 9.69 Å². The van der Waals surface area contributed by atoms with E-state index in [1.807, 2.05) is 13.0 Å². The Morgan fingerprint density at radius 1 is 1.24 bits per heavy atom. The third-order valence-corrected chi connectivity index (χ3v) is 10.5. The Morgan fingerprint density at radius 2 is 2.02 bits per heavy atom. The molecule has 7 rings (SSSR count). The predicted octanol–water partition coefficient (Wildman–Crippen LogP) is 4.76. The fourth-order valence-corrected chi connectivity index (χ4v) is 8.56. The second kappa shape index (κ2) is 8.98. The van der Waals surface area contributed by atoms with Crippen LogP contribution in [-0.4, -0.2) is 69.8 Å². The summed E-state index contributed by atoms with van der Waals surface area (Å²) in [6.45, 7) is 3.82. The number of amides is 1. The zero-order valence-corrected chi connectivity index (χ0v) is 23.2. The van der Waals surface area contributed by atoms with Gasteiger partial charge in [-0.05, 0) is 85.9 Å². The summed E-state index contributed by atoms with van der Waals surface area (Å²) in [4.78, 5) is 17.6. The van der Waals surface area contributed by atoms with Gasteiger partial charge in [0.05, 0.1) is 22.6 Å². The van der Waals surface area contributed by atoms with Crippen molar-refractivity contribution >= 4 is 12.0 Å². The van der Waals surface area contributed by atoms with Crippen LogP contribution in [0.4, 0.5) is 13.2 Å². The number of phenols is 1. The van der Waals surface area contributed by atoms with Crippen molar-refractivity contribution in [3.63, 3.8) is 0 Å². The Bertz CT molecular complexity index is 1440. The molecule has 9 heteroatoms. The average molecular weight is 569 g/mol. The van der Waals surface area contributed by atoms with Crippen molar-refractivity contribution in [3.8, 4) is 11.5 Å². The topological polar surface area (TPSA) is 73.2 Å². The van der Waals surface area contributed by atoms with E-state index >= 15 is 0 Å². The first-order chi connectivity index (χ1) is 19.4. The van der Waals surface area contributed by atoms with E-state index < -0.39 is 34.9 Å². The van der Waals surface area contributed by atoms with Crippen LogP contribution in [-0.2, 0) is 22.8 Å². The number of likely N-dealkylation sites (N-methyl/N-ethyl adjacent to an activating group) is 1. The monoisotopic (exact) mass is 568 g/mol. The zero-order valence-electron chi connectivity index (χ0n) is 23.2. The molecule has 0 unspecified atom stereocenters. The number of hydrogen-bond acceptors (Lipinski definition) is 5. The van der Waals surface area contributed by atoms with Crippen molar-refractivity contribution in [3.05, 3.63) is 64.7 Å². The number of phenolic OH excluding ortho intramolecular Hbond substituents is 1. The van der Waals surface area contributed by atoms with Crippen molar-refractivity contribution in [1.82, 2.24) is 9.80 Å². The molecule has 3 fully saturated rings. The van der Waals surface area contributed by atoms with Gasteiger partial charge in [-0.15, -0.1) is 0 Å². The summed E-state index contributed by atoms with van der Waals surface area (Å²) in [6.07, 6.45) is 1.95. The number of alkyl halides is 3. The van der Waals surface area contributed by atoms with E-state index in [1.165, 1.54) is 37.1 Å². The largest absolute Gasteiger partial charge is 0.504 e. The summed E-state index contributed by atoms with van der Waals surface area (Å²) >= 11 is 0. The summed E-state index contributed by atoms with van der Waals surface area (Å²) < 4.78 is 46.1. The Morgan fingerprint density at radius 3 is 2.76 bits per heavy atom. The van der Waals surface area contributed by atoms with E-state index in [-0.39, 0.29) is 29.2 Å². The summed E-state index contributed by atoms with van der Waals surface area (Å²) in [5, 5.41) is 23.6. The van der Waals surface area contributed by atoms with Crippen molar-refractivity contribution in [2.24, 2.45) is 11.8 Å². The molecular weight excluding hydrogens is 533 g/mol. The van der Waals surface area contributed by atoms with Gasteiger partial charge < -0.3 is 19.8 Å². The lowest BCUT2D eigenvalue weighted by molar-refractivity contribution is -0.212. The fraction of sp³-hybridized carbons (Fsp3) is 0.531. The number of carbonyl (C=O) groups is 1. The van der Waals surface area contributed by atoms with E-state index in [0.717, 1.165) is 36.3 Å². The van der Waals surface area contributed by atoms with Gasteiger partial charge >= 0.3 is 6.18 Å². The lowest BCUT2D eigenvalue weighted by Crippen LogP contribution is -2.79. The number of nitrogens with zero attached hydrogens (tertiary/aromatic N) is 2. The van der Waals surface area contributed by atoms with Crippen LogP contribution in [0.15, 0.2) is 42.5 Å². The number of halogens is 3. The van der Waals surface area contributed by atoms with Crippen LogP contribution in [0.5, 0.6) is 11.5 Å². The SMILES string of the molecule is C[C@@H]1C[C@@]2(O)[C@H]3Cc4ccc(O)c5c4[C@@]2(CCN3CC2CC2)[C@@H](O5)[C@H]1N(C)C(=O)/C=C/c1cccc(C(F)(F)F)c1. The smallest absolute Gasteiger partial charge is 0.416 e. The van der Waals surface area contributed by atoms with Gasteiger partial charge in [0.15, 0.2) is 11.5 Å². The highest BCUT2D eigenvalue weighted by atomic mass is 19.4. The summed E-state index contributed by atoms with van der Waals surface area (Å²) in [5.74, 6) is 0.651. The number of carbonyl (C=O) groups excluding carboxylic acids is 1. The molecule has 5 aliphatic rings. The van der Waals surface area contributed by atoms with Gasteiger partial charge in [-0.1, -0.05) is 25.1 Å². The van der Waals surface area contributed by atoms with Gasteiger partial charge in [0.2, 0.25) is 5.91 Å². The maximum absolute atomic E-state index is 13.5. The van der Waals surface area contributed by atoms with Crippen LogP contribution in [0.25, 0.3) is 6.08 Å². The third kappa shape index (κ3) is 3.88. The van der Waals surface area contributed by atoms with Crippen LogP contribution in [0, 0.1) is 11.8 Å². The molecule has 2 aromatic rings. The number of aromatic hydroxyl groups is 1. The van der Waals surface area contributed by atoms with Crippen LogP contribution >= 0.6 is 0 Å². The first-order valence-electron chi connectivity index (χ1n) is 14.5. The zero-order chi connectivity index (χ0) is 28.9. The fourth-order valence-electron chi connectivity index (χ4n) is 8.56. The Kier molecular flexibility index (Phi) is 5.88. The standard InChI is InChI=1S/C32H35F3N2O4/c1-18-16-31(40)24-15-21-9-10-23(38)28-26(21)30(31,12-13-37(24)17-20-6-7-20)29(41-28)27(18)36(2)25(39)11-8-19-4-3-5-22(14-19)32(33,34)35/h3-5,8-11,14,18,20,24,27,29,38,40H,6-7,12-13,15-17H2,1-2H3/b11-8+/t18-,24-,27+,29+,30+,31-/m1/s1. The highest BCUT2D eigenvalue weighted by Crippen LogP contribution is 2.66. The predicted molar refractivity (Wildman–Crippen MR) is 146 cm³/mol. The highest BCUT2D eigenvalue weighted by molar-refractivity contribution is 5.92. The van der Waals surface area contributed by atoms with Gasteiger partial charge in [0.1, 0.15) is 6.10 Å². The minimum Gasteiger partial charge on any atom is -0.504 e. The van der Waals surface area contributed by atoms with Crippen molar-refractivity contribution < 1.29 is 32.9 Å². The van der Waals surface area contributed by atoms with E-state index in [4.69, 9.17) is 4.74 Å². The van der Waals surface area contributed by atoms with Gasteiger partial charge in [0, 0.05) is 31.3 Å². The van der Waals surface area contributed by atoms with Crippen molar-refractivity contribution in [1.29, 1.82) is 0 Å². The third-order valence-electron chi connectivity index (χ3n) is 10.5. The molecule has 6 nitrogen and oxygen atoms in total. The molecule has 2 aliphatic heterocycles. The number of aliphatic hydroxyl groups is 1. The maximum Gasteiger partial charge on any atom is 0.416 e. The lowest BCUT2D eigenvalue weighted by Gasteiger charge is -2.66. The van der Waals surface area contributed by atoms with E-state index in [0.29, 0.717) is 30.9 Å². The molecule has 2 N–H and O–H groups in total. The number of likely N-dealkylation sites (tertiary alicyclic amines) is 1. The molecule has 2 heterocycles. The molecule has 41 heavy (non-hydrogen) atoms. The lowest BCUT2D eigenvalue weighted by atomic mass is 9.46. The summed E-state index contributed by atoms with van der Waals surface area (Å²) in [7, 11) is 1.69. The molecule has 1 spiro atoms. The molecule has 2 saturated carbocycles. The Balaban J connectivity index is 1.24. The number of hydrogen-bond donors (Lipinski definition) is 2. The van der Waals surface area contributed by atoms with Crippen LogP contribution < -0.4 is 4.74 Å². The average Bonchev–Trinajstić information content (AvgIpc) is 3.67. The molecule has 0 radical (unpaired) electrons. The molecule has 3 aliphatic carbocycles. The minimum absolute atomic E-state index is 0.0403. The first-order valence-corrected chi connectivity index (χ1v) is 14.5. The molecule has 2 bridgehead atoms. The second-order valence-corrected chi connectivity index (χ2v) is 12.9. The molecule has 2 aromatic carbocycles. The van der Waals surface area contributed by atoms with Gasteiger partial charge in [0.25, 0.3) is 0 Å². The summed E-state index contributed by atoms with van der Waals surface area (Å²) in [6, 6.07) is 8.00. The quantitative estimate of drug-likeness (QED) is 0.509. The normalized spacial score (nSPS) is 33.9. The molecule has 1 amide bonds. The van der Waals surface area contributed by atoms with E-state index in [9.17, 15) is 28.2 Å². The maximum atomic E-state index is 13.5. The van der Waals surface area contributed by atoms with Gasteiger partial charge in [-0.2, -0.15) is 13.2 Å². The number of rotatable bonds is 5. The Hall–Kier alpha value is -3.04.